The fourth-order valence-electron chi connectivity index (χ4n) is 4.34. The number of unbranched alkanes of at least 4 members (excludes halogenated alkanes) is 3. The first-order chi connectivity index (χ1) is 8.49. The first-order valence-corrected chi connectivity index (χ1v) is 8.36. The number of rotatable bonds is 6. The zero-order chi connectivity index (χ0) is 13.8. The summed E-state index contributed by atoms with van der Waals surface area (Å²) in [5.74, 6) is 1.78. The zero-order valence-corrected chi connectivity index (χ0v) is 13.7. The molecule has 18 heavy (non-hydrogen) atoms. The molecule has 0 N–H and O–H groups in total. The van der Waals surface area contributed by atoms with Crippen LogP contribution in [0.25, 0.3) is 0 Å². The smallest absolute Gasteiger partial charge is 0.0889 e. The van der Waals surface area contributed by atoms with E-state index in [1.807, 2.05) is 0 Å². The largest absolute Gasteiger partial charge is 0.319 e. The van der Waals surface area contributed by atoms with Crippen molar-refractivity contribution in [3.63, 3.8) is 0 Å². The molecule has 0 aromatic rings. The molecule has 0 bridgehead atoms. The average Bonchev–Trinajstić information content (AvgIpc) is 2.36. The lowest BCUT2D eigenvalue weighted by molar-refractivity contribution is -0.980. The molecule has 1 saturated heterocycles. The number of quaternary nitrogens is 1. The van der Waals surface area contributed by atoms with Crippen molar-refractivity contribution < 1.29 is 4.48 Å². The maximum Gasteiger partial charge on any atom is 0.0889 e. The molecule has 1 aliphatic rings. The quantitative estimate of drug-likeness (QED) is 0.469. The summed E-state index contributed by atoms with van der Waals surface area (Å²) >= 11 is 0. The van der Waals surface area contributed by atoms with E-state index >= 15 is 0 Å². The van der Waals surface area contributed by atoms with Gasteiger partial charge in [0, 0.05) is 11.8 Å². The van der Waals surface area contributed by atoms with Gasteiger partial charge in [-0.15, -0.1) is 0 Å². The van der Waals surface area contributed by atoms with Gasteiger partial charge in [0.15, 0.2) is 0 Å². The molecular formula is C17H36N+. The van der Waals surface area contributed by atoms with E-state index in [1.165, 1.54) is 49.7 Å². The van der Waals surface area contributed by atoms with Gasteiger partial charge in [0.1, 0.15) is 0 Å². The normalized spacial score (nSPS) is 41.0. The Morgan fingerprint density at radius 2 is 1.39 bits per heavy atom. The third kappa shape index (κ3) is 3.10. The Labute approximate surface area is 116 Å². The minimum absolute atomic E-state index is 0.850. The van der Waals surface area contributed by atoms with Crippen molar-refractivity contribution in [3.8, 4) is 0 Å². The van der Waals surface area contributed by atoms with Crippen LogP contribution in [-0.4, -0.2) is 29.7 Å². The predicted octanol–water partition coefficient (Wildman–Crippen LogP) is 4.86. The minimum atomic E-state index is 0.850. The van der Waals surface area contributed by atoms with Crippen molar-refractivity contribution in [2.75, 3.05) is 13.1 Å². The van der Waals surface area contributed by atoms with Gasteiger partial charge in [-0.25, -0.2) is 0 Å². The number of piperidine rings is 1. The summed E-state index contributed by atoms with van der Waals surface area (Å²) in [5.41, 5.74) is 0. The van der Waals surface area contributed by atoms with Gasteiger partial charge in [-0.05, 0) is 40.0 Å². The van der Waals surface area contributed by atoms with E-state index in [0.717, 1.165) is 23.9 Å². The van der Waals surface area contributed by atoms with Crippen molar-refractivity contribution in [3.05, 3.63) is 0 Å². The van der Waals surface area contributed by atoms with Crippen LogP contribution in [0.5, 0.6) is 0 Å². The van der Waals surface area contributed by atoms with Gasteiger partial charge in [-0.3, -0.25) is 0 Å². The molecule has 1 nitrogen and oxygen atoms in total. The van der Waals surface area contributed by atoms with E-state index in [-0.39, 0.29) is 0 Å². The number of hydrogen-bond donors (Lipinski definition) is 0. The molecule has 108 valence electrons. The van der Waals surface area contributed by atoms with Gasteiger partial charge in [0.2, 0.25) is 0 Å². The second-order valence-corrected chi connectivity index (χ2v) is 6.87. The Hall–Kier alpha value is -0.0400. The maximum absolute atomic E-state index is 2.51. The third-order valence-corrected chi connectivity index (χ3v) is 6.03. The van der Waals surface area contributed by atoms with E-state index in [0.29, 0.717) is 0 Å². The second kappa shape index (κ2) is 6.93. The second-order valence-electron chi connectivity index (χ2n) is 6.87. The van der Waals surface area contributed by atoms with Crippen LogP contribution < -0.4 is 0 Å². The summed E-state index contributed by atoms with van der Waals surface area (Å²) in [6, 6.07) is 1.70. The molecule has 1 heterocycles. The van der Waals surface area contributed by atoms with E-state index in [9.17, 15) is 0 Å². The van der Waals surface area contributed by atoms with E-state index in [2.05, 4.69) is 41.5 Å². The van der Waals surface area contributed by atoms with Crippen molar-refractivity contribution in [1.29, 1.82) is 0 Å². The highest BCUT2D eigenvalue weighted by molar-refractivity contribution is 4.79. The van der Waals surface area contributed by atoms with Gasteiger partial charge in [0.05, 0.1) is 25.2 Å². The topological polar surface area (TPSA) is 0 Å². The van der Waals surface area contributed by atoms with Gasteiger partial charge in [0.25, 0.3) is 0 Å². The third-order valence-electron chi connectivity index (χ3n) is 6.03. The molecule has 1 aliphatic heterocycles. The van der Waals surface area contributed by atoms with E-state index in [4.69, 9.17) is 0 Å². The lowest BCUT2D eigenvalue weighted by Gasteiger charge is -2.55. The van der Waals surface area contributed by atoms with Gasteiger partial charge < -0.3 is 4.48 Å². The molecule has 0 radical (unpaired) electrons. The molecular weight excluding hydrogens is 218 g/mol. The fraction of sp³-hybridized carbons (Fsp3) is 1.00. The van der Waals surface area contributed by atoms with Crippen LogP contribution >= 0.6 is 0 Å². The lowest BCUT2D eigenvalue weighted by atomic mass is 9.78. The summed E-state index contributed by atoms with van der Waals surface area (Å²) in [5, 5.41) is 0. The average molecular weight is 254 g/mol. The standard InChI is InChI=1S/C17H36N/c1-7-9-10-11-12-18(8-2)16(5)14(3)13-15(4)17(18)6/h14-17H,7-13H2,1-6H3/q+1. The van der Waals surface area contributed by atoms with Crippen LogP contribution in [0.15, 0.2) is 0 Å². The Morgan fingerprint density at radius 1 is 0.833 bits per heavy atom. The molecule has 1 rings (SSSR count). The Kier molecular flexibility index (Phi) is 6.17. The molecule has 1 fully saturated rings. The highest BCUT2D eigenvalue weighted by Crippen LogP contribution is 2.38. The number of nitrogens with zero attached hydrogens (tertiary/aromatic N) is 1. The fourth-order valence-corrected chi connectivity index (χ4v) is 4.34. The van der Waals surface area contributed by atoms with Crippen molar-refractivity contribution in [2.24, 2.45) is 11.8 Å². The van der Waals surface area contributed by atoms with Crippen LogP contribution in [0, 0.1) is 11.8 Å². The van der Waals surface area contributed by atoms with Crippen LogP contribution in [-0.2, 0) is 0 Å². The molecule has 4 atom stereocenters. The van der Waals surface area contributed by atoms with Gasteiger partial charge in [-0.1, -0.05) is 33.6 Å². The molecule has 0 saturated carbocycles. The molecule has 0 aromatic carbocycles. The summed E-state index contributed by atoms with van der Waals surface area (Å²) in [6.07, 6.45) is 7.05. The van der Waals surface area contributed by atoms with Crippen LogP contribution in [0.2, 0.25) is 0 Å². The van der Waals surface area contributed by atoms with Gasteiger partial charge >= 0.3 is 0 Å². The summed E-state index contributed by atoms with van der Waals surface area (Å²) in [6.45, 7) is 17.4. The summed E-state index contributed by atoms with van der Waals surface area (Å²) in [7, 11) is 0. The van der Waals surface area contributed by atoms with E-state index < -0.39 is 0 Å². The summed E-state index contributed by atoms with van der Waals surface area (Å²) < 4.78 is 1.38. The Balaban J connectivity index is 2.73. The Bertz CT molecular complexity index is 222. The highest BCUT2D eigenvalue weighted by Gasteiger charge is 2.46. The van der Waals surface area contributed by atoms with Gasteiger partial charge in [-0.2, -0.15) is 0 Å². The maximum atomic E-state index is 2.51. The van der Waals surface area contributed by atoms with Crippen molar-refractivity contribution in [1.82, 2.24) is 0 Å². The molecule has 0 amide bonds. The first kappa shape index (κ1) is 16.0. The lowest BCUT2D eigenvalue weighted by Crippen LogP contribution is -2.66. The molecule has 4 unspecified atom stereocenters. The monoisotopic (exact) mass is 254 g/mol. The van der Waals surface area contributed by atoms with Crippen molar-refractivity contribution >= 4 is 0 Å². The molecule has 0 aliphatic carbocycles. The van der Waals surface area contributed by atoms with Crippen LogP contribution in [0.3, 0.4) is 0 Å². The SMILES string of the molecule is CCCCCC[N+]1(CC)C(C)C(C)CC(C)C1C. The van der Waals surface area contributed by atoms with Crippen LogP contribution in [0.4, 0.5) is 0 Å². The van der Waals surface area contributed by atoms with Crippen LogP contribution in [0.1, 0.15) is 73.6 Å². The highest BCUT2D eigenvalue weighted by atomic mass is 15.4. The predicted molar refractivity (Wildman–Crippen MR) is 81.7 cm³/mol. The zero-order valence-electron chi connectivity index (χ0n) is 13.7. The number of likely N-dealkylation sites (tertiary alicyclic amines) is 1. The Morgan fingerprint density at radius 3 is 1.83 bits per heavy atom. The van der Waals surface area contributed by atoms with E-state index in [1.54, 1.807) is 0 Å². The summed E-state index contributed by atoms with van der Waals surface area (Å²) in [4.78, 5) is 0. The molecule has 1 heteroatoms. The molecule has 0 aromatic heterocycles. The first-order valence-electron chi connectivity index (χ1n) is 8.36. The van der Waals surface area contributed by atoms with Crippen molar-refractivity contribution in [2.45, 2.75) is 85.7 Å². The minimum Gasteiger partial charge on any atom is -0.319 e. The molecule has 0 spiro atoms. The number of hydrogen-bond acceptors (Lipinski definition) is 0.